The summed E-state index contributed by atoms with van der Waals surface area (Å²) in [6, 6.07) is 8.70. The Hall–Kier alpha value is -0.850. The monoisotopic (exact) mass is 634 g/mol. The van der Waals surface area contributed by atoms with Gasteiger partial charge in [-0.2, -0.15) is 8.78 Å². The van der Waals surface area contributed by atoms with Crippen molar-refractivity contribution in [1.82, 2.24) is 10.2 Å². The lowest BCUT2D eigenvalue weighted by molar-refractivity contribution is 0.0557. The van der Waals surface area contributed by atoms with Crippen LogP contribution in [-0.2, 0) is 21.7 Å². The zero-order valence-electron chi connectivity index (χ0n) is 17.0. The van der Waals surface area contributed by atoms with Gasteiger partial charge in [-0.05, 0) is 29.8 Å². The molecule has 15 heteroatoms. The molecule has 2 aromatic carbocycles. The SMILES string of the molecule is O=P(O)(O)C(F)(F)c1ccc(CSc2nnc(CSCCOc3ccc(Cl)cc3Cl)o2)cc1Br. The van der Waals surface area contributed by atoms with Crippen LogP contribution in [0.3, 0.4) is 0 Å². The molecule has 0 fully saturated rings. The van der Waals surface area contributed by atoms with E-state index >= 15 is 0 Å². The van der Waals surface area contributed by atoms with Crippen molar-refractivity contribution in [3.63, 3.8) is 0 Å². The highest BCUT2D eigenvalue weighted by Crippen LogP contribution is 2.60. The van der Waals surface area contributed by atoms with E-state index in [-0.39, 0.29) is 4.47 Å². The third kappa shape index (κ3) is 7.33. The topological polar surface area (TPSA) is 106 Å². The second-order valence-corrected chi connectivity index (χ2v) is 12.0. The zero-order valence-corrected chi connectivity index (χ0v) is 22.6. The number of thioether (sulfide) groups is 2. The molecule has 0 bridgehead atoms. The number of benzene rings is 2. The van der Waals surface area contributed by atoms with Gasteiger partial charge in [0.05, 0.1) is 17.4 Å². The van der Waals surface area contributed by atoms with E-state index in [0.717, 1.165) is 6.07 Å². The number of halogens is 5. The number of rotatable bonds is 11. The Labute approximate surface area is 220 Å². The van der Waals surface area contributed by atoms with Crippen LogP contribution in [-0.4, -0.2) is 32.3 Å². The molecule has 0 aliphatic carbocycles. The first-order valence-corrected chi connectivity index (χ1v) is 14.6. The van der Waals surface area contributed by atoms with Gasteiger partial charge < -0.3 is 18.9 Å². The summed E-state index contributed by atoms with van der Waals surface area (Å²) in [6.07, 6.45) is 0. The first-order chi connectivity index (χ1) is 16.0. The minimum absolute atomic E-state index is 0.108. The number of hydrogen-bond acceptors (Lipinski definition) is 7. The van der Waals surface area contributed by atoms with Crippen LogP contribution in [0, 0.1) is 0 Å². The molecule has 0 saturated carbocycles. The average Bonchev–Trinajstić information content (AvgIpc) is 3.20. The molecule has 3 aromatic rings. The van der Waals surface area contributed by atoms with Gasteiger partial charge in [-0.3, -0.25) is 4.57 Å². The van der Waals surface area contributed by atoms with E-state index in [9.17, 15) is 13.3 Å². The summed E-state index contributed by atoms with van der Waals surface area (Å²) in [5, 5.41) is 9.19. The number of aromatic nitrogens is 2. The molecule has 0 atom stereocenters. The lowest BCUT2D eigenvalue weighted by Gasteiger charge is -2.19. The Morgan fingerprint density at radius 1 is 1.15 bits per heavy atom. The van der Waals surface area contributed by atoms with E-state index < -0.39 is 18.8 Å². The molecule has 0 saturated heterocycles. The fourth-order valence-corrected chi connectivity index (χ4v) is 5.67. The standard InChI is InChI=1S/C19H16BrCl2F2N2O5PS2/c20-14-7-11(1-3-13(14)19(23,24)32(27,28)29)9-34-18-26-25-17(31-18)10-33-6-5-30-16-4-2-12(21)8-15(16)22/h1-4,7-8H,5-6,9-10H2,(H2,27,28,29). The Bertz CT molecular complexity index is 1200. The zero-order chi connectivity index (χ0) is 24.9. The summed E-state index contributed by atoms with van der Waals surface area (Å²) in [6.45, 7) is 0.424. The van der Waals surface area contributed by atoms with Crippen molar-refractivity contribution in [1.29, 1.82) is 0 Å². The van der Waals surface area contributed by atoms with Crippen LogP contribution in [0.25, 0.3) is 0 Å². The molecule has 7 nitrogen and oxygen atoms in total. The average molecular weight is 636 g/mol. The normalized spacial score (nSPS) is 12.2. The molecule has 2 N–H and O–H groups in total. The molecule has 0 unspecified atom stereocenters. The van der Waals surface area contributed by atoms with E-state index in [1.165, 1.54) is 35.7 Å². The maximum absolute atomic E-state index is 13.9. The predicted molar refractivity (Wildman–Crippen MR) is 132 cm³/mol. The lowest BCUT2D eigenvalue weighted by Crippen LogP contribution is -2.14. The Morgan fingerprint density at radius 2 is 1.91 bits per heavy atom. The van der Waals surface area contributed by atoms with Gasteiger partial charge in [0, 0.05) is 26.6 Å². The fourth-order valence-electron chi connectivity index (χ4n) is 2.51. The Balaban J connectivity index is 1.45. The molecule has 0 spiro atoms. The molecular formula is C19H16BrCl2F2N2O5PS2. The molecule has 0 radical (unpaired) electrons. The Kier molecular flexibility index (Phi) is 9.73. The number of hydrogen-bond donors (Lipinski definition) is 2. The van der Waals surface area contributed by atoms with Crippen LogP contribution in [0.15, 0.2) is 50.5 Å². The molecular weight excluding hydrogens is 620 g/mol. The maximum Gasteiger partial charge on any atom is 0.399 e. The van der Waals surface area contributed by atoms with Crippen molar-refractivity contribution in [2.75, 3.05) is 12.4 Å². The molecule has 34 heavy (non-hydrogen) atoms. The van der Waals surface area contributed by atoms with Crippen LogP contribution in [0.4, 0.5) is 8.78 Å². The quantitative estimate of drug-likeness (QED) is 0.131. The summed E-state index contributed by atoms with van der Waals surface area (Å²) in [5.74, 6) is 2.43. The number of ether oxygens (including phenoxy) is 1. The second kappa shape index (κ2) is 11.9. The smallest absolute Gasteiger partial charge is 0.399 e. The third-order valence-electron chi connectivity index (χ3n) is 4.14. The van der Waals surface area contributed by atoms with E-state index in [2.05, 4.69) is 26.1 Å². The van der Waals surface area contributed by atoms with E-state index in [1.54, 1.807) is 18.2 Å². The van der Waals surface area contributed by atoms with E-state index in [4.69, 9.17) is 42.1 Å². The van der Waals surface area contributed by atoms with Gasteiger partial charge in [-0.25, -0.2) is 0 Å². The van der Waals surface area contributed by atoms with Crippen LogP contribution < -0.4 is 4.74 Å². The van der Waals surface area contributed by atoms with Crippen molar-refractivity contribution in [3.05, 3.63) is 67.9 Å². The predicted octanol–water partition coefficient (Wildman–Crippen LogP) is 6.97. The summed E-state index contributed by atoms with van der Waals surface area (Å²) < 4.78 is 50.0. The second-order valence-electron chi connectivity index (χ2n) is 6.63. The first kappa shape index (κ1) is 27.7. The van der Waals surface area contributed by atoms with Gasteiger partial charge >= 0.3 is 13.3 Å². The van der Waals surface area contributed by atoms with Crippen molar-refractivity contribution in [3.8, 4) is 5.75 Å². The fraction of sp³-hybridized carbons (Fsp3) is 0.263. The third-order valence-corrected chi connectivity index (χ3v) is 8.09. The van der Waals surface area contributed by atoms with Crippen LogP contribution >= 0.6 is 70.3 Å². The first-order valence-electron chi connectivity index (χ1n) is 9.30. The Morgan fingerprint density at radius 3 is 2.59 bits per heavy atom. The highest BCUT2D eigenvalue weighted by molar-refractivity contribution is 9.10. The molecule has 1 aromatic heterocycles. The van der Waals surface area contributed by atoms with Crippen LogP contribution in [0.5, 0.6) is 5.75 Å². The van der Waals surface area contributed by atoms with E-state index in [1.807, 2.05) is 0 Å². The molecule has 184 valence electrons. The molecule has 1 heterocycles. The van der Waals surface area contributed by atoms with Gasteiger partial charge in [0.15, 0.2) is 0 Å². The van der Waals surface area contributed by atoms with Crippen molar-refractivity contribution < 1.29 is 32.3 Å². The van der Waals surface area contributed by atoms with Crippen molar-refractivity contribution >= 4 is 70.3 Å². The highest BCUT2D eigenvalue weighted by atomic mass is 79.9. The van der Waals surface area contributed by atoms with Gasteiger partial charge in [-0.15, -0.1) is 22.0 Å². The van der Waals surface area contributed by atoms with Gasteiger partial charge in [0.2, 0.25) is 5.89 Å². The summed E-state index contributed by atoms with van der Waals surface area (Å²) in [4.78, 5) is 17.8. The molecule has 0 amide bonds. The summed E-state index contributed by atoms with van der Waals surface area (Å²) >= 11 is 17.6. The van der Waals surface area contributed by atoms with Gasteiger partial charge in [0.25, 0.3) is 5.22 Å². The highest BCUT2D eigenvalue weighted by Gasteiger charge is 2.51. The van der Waals surface area contributed by atoms with Crippen molar-refractivity contribution in [2.45, 2.75) is 22.4 Å². The molecule has 0 aliphatic heterocycles. The van der Waals surface area contributed by atoms with Gasteiger partial charge in [-0.1, -0.05) is 63.0 Å². The van der Waals surface area contributed by atoms with Crippen molar-refractivity contribution in [2.24, 2.45) is 0 Å². The minimum atomic E-state index is -5.65. The maximum atomic E-state index is 13.9. The van der Waals surface area contributed by atoms with Crippen LogP contribution in [0.1, 0.15) is 17.0 Å². The van der Waals surface area contributed by atoms with E-state index in [0.29, 0.717) is 56.3 Å². The number of alkyl halides is 2. The largest absolute Gasteiger partial charge is 0.491 e. The summed E-state index contributed by atoms with van der Waals surface area (Å²) in [7, 11) is -5.65. The van der Waals surface area contributed by atoms with Gasteiger partial charge in [0.1, 0.15) is 5.75 Å². The summed E-state index contributed by atoms with van der Waals surface area (Å²) in [5.41, 5.74) is -4.45. The van der Waals surface area contributed by atoms with Crippen LogP contribution in [0.2, 0.25) is 10.0 Å². The number of nitrogens with zero attached hydrogens (tertiary/aromatic N) is 2. The molecule has 0 aliphatic rings. The minimum Gasteiger partial charge on any atom is -0.491 e. The molecule has 3 rings (SSSR count). The lowest BCUT2D eigenvalue weighted by atomic mass is 10.1.